The zero-order valence-corrected chi connectivity index (χ0v) is 11.9. The lowest BCUT2D eigenvalue weighted by Gasteiger charge is -2.28. The van der Waals surface area contributed by atoms with Crippen LogP contribution in [0, 0.1) is 5.92 Å². The van der Waals surface area contributed by atoms with E-state index in [1.165, 1.54) is 5.56 Å². The van der Waals surface area contributed by atoms with E-state index in [2.05, 4.69) is 11.4 Å². The smallest absolute Gasteiger partial charge is 0.119 e. The van der Waals surface area contributed by atoms with Crippen LogP contribution in [0.15, 0.2) is 24.3 Å². The van der Waals surface area contributed by atoms with Gasteiger partial charge in [0.2, 0.25) is 0 Å². The highest BCUT2D eigenvalue weighted by molar-refractivity contribution is 5.28. The molecule has 18 heavy (non-hydrogen) atoms. The summed E-state index contributed by atoms with van der Waals surface area (Å²) < 4.78 is 5.45. The Balaban J connectivity index is 2.46. The van der Waals surface area contributed by atoms with E-state index in [-0.39, 0.29) is 5.92 Å². The Morgan fingerprint density at radius 3 is 2.72 bits per heavy atom. The van der Waals surface area contributed by atoms with Gasteiger partial charge in [0.1, 0.15) is 5.75 Å². The first-order valence-electron chi connectivity index (χ1n) is 6.60. The topological polar surface area (TPSA) is 41.5 Å². The number of nitrogens with one attached hydrogen (secondary N) is 1. The second-order valence-corrected chi connectivity index (χ2v) is 5.20. The predicted molar refractivity (Wildman–Crippen MR) is 74.8 cm³/mol. The molecule has 0 bridgehead atoms. The van der Waals surface area contributed by atoms with Crippen molar-refractivity contribution in [2.75, 3.05) is 13.2 Å². The van der Waals surface area contributed by atoms with Crippen molar-refractivity contribution in [1.29, 1.82) is 0 Å². The molecule has 0 aromatic heterocycles. The van der Waals surface area contributed by atoms with Gasteiger partial charge in [-0.05, 0) is 37.5 Å². The molecule has 0 fully saturated rings. The van der Waals surface area contributed by atoms with E-state index < -0.39 is 5.60 Å². The quantitative estimate of drug-likeness (QED) is 0.782. The summed E-state index contributed by atoms with van der Waals surface area (Å²) in [5.74, 6) is 1.13. The molecular weight excluding hydrogens is 226 g/mol. The fourth-order valence-electron chi connectivity index (χ4n) is 1.58. The third-order valence-corrected chi connectivity index (χ3v) is 3.27. The molecule has 0 saturated carbocycles. The summed E-state index contributed by atoms with van der Waals surface area (Å²) in [6.07, 6.45) is 0. The summed E-state index contributed by atoms with van der Waals surface area (Å²) in [7, 11) is 0. The molecule has 1 unspecified atom stereocenters. The van der Waals surface area contributed by atoms with Crippen LogP contribution in [0.25, 0.3) is 0 Å². The van der Waals surface area contributed by atoms with Gasteiger partial charge in [-0.1, -0.05) is 26.0 Å². The Hall–Kier alpha value is -1.06. The van der Waals surface area contributed by atoms with Crippen molar-refractivity contribution < 1.29 is 9.84 Å². The lowest BCUT2D eigenvalue weighted by molar-refractivity contribution is 0.0140. The first kappa shape index (κ1) is 15.0. The zero-order chi connectivity index (χ0) is 13.6. The highest BCUT2D eigenvalue weighted by Gasteiger charge is 2.23. The maximum Gasteiger partial charge on any atom is 0.119 e. The third kappa shape index (κ3) is 4.67. The van der Waals surface area contributed by atoms with Crippen molar-refractivity contribution in [3.05, 3.63) is 29.8 Å². The van der Waals surface area contributed by atoms with Gasteiger partial charge in [0.05, 0.1) is 12.2 Å². The van der Waals surface area contributed by atoms with Crippen molar-refractivity contribution in [1.82, 2.24) is 5.32 Å². The van der Waals surface area contributed by atoms with Crippen LogP contribution in [-0.2, 0) is 6.54 Å². The molecule has 102 valence electrons. The van der Waals surface area contributed by atoms with Crippen LogP contribution in [0.4, 0.5) is 0 Å². The molecule has 0 amide bonds. The maximum atomic E-state index is 10.1. The molecule has 0 aliphatic carbocycles. The summed E-state index contributed by atoms with van der Waals surface area (Å²) in [6, 6.07) is 8.03. The molecule has 0 radical (unpaired) electrons. The Labute approximate surface area is 110 Å². The molecule has 1 atom stereocenters. The van der Waals surface area contributed by atoms with Gasteiger partial charge < -0.3 is 15.2 Å². The number of hydrogen-bond acceptors (Lipinski definition) is 3. The van der Waals surface area contributed by atoms with Gasteiger partial charge in [0, 0.05) is 13.1 Å². The van der Waals surface area contributed by atoms with Crippen LogP contribution in [0.3, 0.4) is 0 Å². The van der Waals surface area contributed by atoms with Crippen molar-refractivity contribution in [3.8, 4) is 5.75 Å². The van der Waals surface area contributed by atoms with Gasteiger partial charge in [-0.2, -0.15) is 0 Å². The molecule has 1 rings (SSSR count). The van der Waals surface area contributed by atoms with Gasteiger partial charge in [0.25, 0.3) is 0 Å². The molecule has 2 N–H and O–H groups in total. The monoisotopic (exact) mass is 251 g/mol. The molecule has 1 aromatic rings. The number of rotatable bonds is 7. The first-order chi connectivity index (χ1) is 8.45. The SMILES string of the molecule is CCOc1cccc(CNCC(C)(O)C(C)C)c1. The van der Waals surface area contributed by atoms with E-state index >= 15 is 0 Å². The fraction of sp³-hybridized carbons (Fsp3) is 0.600. The molecule has 3 nitrogen and oxygen atoms in total. The van der Waals surface area contributed by atoms with Gasteiger partial charge in [-0.25, -0.2) is 0 Å². The van der Waals surface area contributed by atoms with E-state index in [1.807, 2.05) is 45.9 Å². The minimum Gasteiger partial charge on any atom is -0.494 e. The van der Waals surface area contributed by atoms with E-state index in [1.54, 1.807) is 0 Å². The standard InChI is InChI=1S/C15H25NO2/c1-5-18-14-8-6-7-13(9-14)10-16-11-15(4,17)12(2)3/h6-9,12,16-17H,5,10-11H2,1-4H3. The van der Waals surface area contributed by atoms with Crippen molar-refractivity contribution in [3.63, 3.8) is 0 Å². The zero-order valence-electron chi connectivity index (χ0n) is 11.9. The normalized spacial score (nSPS) is 14.6. The summed E-state index contributed by atoms with van der Waals surface area (Å²) in [5.41, 5.74) is 0.498. The molecule has 1 aromatic carbocycles. The number of hydrogen-bond donors (Lipinski definition) is 2. The molecule has 0 spiro atoms. The van der Waals surface area contributed by atoms with Crippen LogP contribution in [0.5, 0.6) is 5.75 Å². The van der Waals surface area contributed by atoms with E-state index in [0.29, 0.717) is 13.2 Å². The van der Waals surface area contributed by atoms with Gasteiger partial charge >= 0.3 is 0 Å². The maximum absolute atomic E-state index is 10.1. The summed E-state index contributed by atoms with van der Waals surface area (Å²) in [6.45, 7) is 9.90. The minimum atomic E-state index is -0.669. The predicted octanol–water partition coefficient (Wildman–Crippen LogP) is 2.58. The number of aliphatic hydroxyl groups is 1. The highest BCUT2D eigenvalue weighted by atomic mass is 16.5. The Morgan fingerprint density at radius 2 is 2.11 bits per heavy atom. The Kier molecular flexibility index (Phi) is 5.63. The number of ether oxygens (including phenoxy) is 1. The van der Waals surface area contributed by atoms with Crippen LogP contribution in [0.2, 0.25) is 0 Å². The fourth-order valence-corrected chi connectivity index (χ4v) is 1.58. The molecule has 3 heteroatoms. The largest absolute Gasteiger partial charge is 0.494 e. The summed E-state index contributed by atoms with van der Waals surface area (Å²) in [4.78, 5) is 0. The first-order valence-corrected chi connectivity index (χ1v) is 6.60. The third-order valence-electron chi connectivity index (χ3n) is 3.27. The molecule has 0 heterocycles. The average Bonchev–Trinajstić information content (AvgIpc) is 2.29. The van der Waals surface area contributed by atoms with Crippen LogP contribution in [-0.4, -0.2) is 23.9 Å². The molecule has 0 aliphatic heterocycles. The Morgan fingerprint density at radius 1 is 1.39 bits per heavy atom. The van der Waals surface area contributed by atoms with Crippen molar-refractivity contribution in [2.45, 2.75) is 39.8 Å². The van der Waals surface area contributed by atoms with Crippen LogP contribution < -0.4 is 10.1 Å². The van der Waals surface area contributed by atoms with E-state index in [9.17, 15) is 5.11 Å². The molecular formula is C15H25NO2. The summed E-state index contributed by atoms with van der Waals surface area (Å²) >= 11 is 0. The highest BCUT2D eigenvalue weighted by Crippen LogP contribution is 2.16. The molecule has 0 saturated heterocycles. The Bertz CT molecular complexity index is 361. The summed E-state index contributed by atoms with van der Waals surface area (Å²) in [5, 5.41) is 13.4. The van der Waals surface area contributed by atoms with E-state index in [4.69, 9.17) is 4.74 Å². The second kappa shape index (κ2) is 6.76. The second-order valence-electron chi connectivity index (χ2n) is 5.20. The van der Waals surface area contributed by atoms with Crippen molar-refractivity contribution in [2.24, 2.45) is 5.92 Å². The minimum absolute atomic E-state index is 0.236. The average molecular weight is 251 g/mol. The number of benzene rings is 1. The lowest BCUT2D eigenvalue weighted by atomic mass is 9.92. The van der Waals surface area contributed by atoms with Gasteiger partial charge in [0.15, 0.2) is 0 Å². The van der Waals surface area contributed by atoms with Gasteiger partial charge in [-0.15, -0.1) is 0 Å². The molecule has 0 aliphatic rings. The lowest BCUT2D eigenvalue weighted by Crippen LogP contribution is -2.41. The van der Waals surface area contributed by atoms with Crippen LogP contribution in [0.1, 0.15) is 33.3 Å². The van der Waals surface area contributed by atoms with Gasteiger partial charge in [-0.3, -0.25) is 0 Å². The van der Waals surface area contributed by atoms with Crippen LogP contribution >= 0.6 is 0 Å². The van der Waals surface area contributed by atoms with Crippen molar-refractivity contribution >= 4 is 0 Å². The van der Waals surface area contributed by atoms with E-state index in [0.717, 1.165) is 12.3 Å².